The lowest BCUT2D eigenvalue weighted by molar-refractivity contribution is 0.305. The van der Waals surface area contributed by atoms with E-state index in [4.69, 9.17) is 4.74 Å². The summed E-state index contributed by atoms with van der Waals surface area (Å²) >= 11 is 0. The molecule has 4 rings (SSSR count). The first-order valence-electron chi connectivity index (χ1n) is 8.00. The number of hydrogen-bond acceptors (Lipinski definition) is 3. The number of fused-ring (bicyclic) bond motifs is 2. The molecule has 2 aromatic rings. The average molecular weight is 310 g/mol. The molecule has 118 valence electrons. The molecule has 0 atom stereocenters. The highest BCUT2D eigenvalue weighted by Gasteiger charge is 2.25. The summed E-state index contributed by atoms with van der Waals surface area (Å²) in [4.78, 5) is 6.97. The number of nitrogens with zero attached hydrogens (tertiary/aromatic N) is 2. The zero-order chi connectivity index (χ0) is 15.8. The minimum atomic E-state index is -0.268. The van der Waals surface area contributed by atoms with Crippen LogP contribution in [-0.2, 0) is 6.61 Å². The van der Waals surface area contributed by atoms with Crippen molar-refractivity contribution >= 4 is 5.57 Å². The summed E-state index contributed by atoms with van der Waals surface area (Å²) in [5.41, 5.74) is 5.54. The largest absolute Gasteiger partial charge is 0.488 e. The van der Waals surface area contributed by atoms with Crippen LogP contribution in [0.4, 0.5) is 4.39 Å². The van der Waals surface area contributed by atoms with E-state index in [1.165, 1.54) is 17.7 Å². The Morgan fingerprint density at radius 2 is 2.00 bits per heavy atom. The first kappa shape index (κ1) is 14.4. The van der Waals surface area contributed by atoms with Crippen LogP contribution in [0, 0.1) is 5.82 Å². The molecule has 0 bridgehead atoms. The number of benzene rings is 1. The van der Waals surface area contributed by atoms with Gasteiger partial charge in [0.05, 0.1) is 5.69 Å². The molecule has 0 spiro atoms. The van der Waals surface area contributed by atoms with E-state index < -0.39 is 0 Å². The molecular formula is C19H19FN2O. The maximum atomic E-state index is 13.7. The van der Waals surface area contributed by atoms with E-state index >= 15 is 0 Å². The van der Waals surface area contributed by atoms with Crippen molar-refractivity contribution < 1.29 is 9.13 Å². The lowest BCUT2D eigenvalue weighted by Crippen LogP contribution is -2.27. The van der Waals surface area contributed by atoms with Gasteiger partial charge in [0.2, 0.25) is 0 Å². The Hall–Kier alpha value is -2.20. The first-order valence-corrected chi connectivity index (χ1v) is 8.00. The Bertz CT molecular complexity index is 775. The van der Waals surface area contributed by atoms with Gasteiger partial charge < -0.3 is 9.64 Å². The summed E-state index contributed by atoms with van der Waals surface area (Å²) in [6.45, 7) is 2.51. The van der Waals surface area contributed by atoms with Crippen molar-refractivity contribution in [3.63, 3.8) is 0 Å². The molecule has 0 radical (unpaired) electrons. The number of likely N-dealkylation sites (tertiary alicyclic amines) is 1. The molecule has 0 unspecified atom stereocenters. The predicted molar refractivity (Wildman–Crippen MR) is 87.7 cm³/mol. The molecule has 4 heteroatoms. The van der Waals surface area contributed by atoms with E-state index in [2.05, 4.69) is 16.9 Å². The van der Waals surface area contributed by atoms with Gasteiger partial charge >= 0.3 is 0 Å². The fourth-order valence-corrected chi connectivity index (χ4v) is 3.38. The number of halogens is 1. The summed E-state index contributed by atoms with van der Waals surface area (Å²) in [7, 11) is 2.15. The smallest absolute Gasteiger partial charge is 0.130 e. The van der Waals surface area contributed by atoms with Crippen molar-refractivity contribution in [3.8, 4) is 5.75 Å². The lowest BCUT2D eigenvalue weighted by Gasteiger charge is -2.26. The highest BCUT2D eigenvalue weighted by atomic mass is 19.1. The first-order chi connectivity index (χ1) is 11.2. The third-order valence-electron chi connectivity index (χ3n) is 4.67. The number of pyridine rings is 1. The zero-order valence-electron chi connectivity index (χ0n) is 13.2. The molecule has 2 aliphatic rings. The summed E-state index contributed by atoms with van der Waals surface area (Å²) in [6, 6.07) is 8.78. The van der Waals surface area contributed by atoms with E-state index in [0.717, 1.165) is 48.3 Å². The molecule has 0 saturated carbocycles. The molecule has 1 fully saturated rings. The standard InChI is InChI=1S/C19H19FN2O/c1-22-9-6-13(7-10-22)18-16-5-4-15(20)11-17(16)23-12-14-3-2-8-21-19(14)18/h2-5,8,11H,6-7,9-10,12H2,1H3. The van der Waals surface area contributed by atoms with Crippen molar-refractivity contribution in [3.05, 3.63) is 64.7 Å². The molecule has 23 heavy (non-hydrogen) atoms. The highest BCUT2D eigenvalue weighted by Crippen LogP contribution is 2.40. The zero-order valence-corrected chi connectivity index (χ0v) is 13.2. The number of ether oxygens (including phenoxy) is 1. The van der Waals surface area contributed by atoms with Gasteiger partial charge in [0.1, 0.15) is 18.2 Å². The fraction of sp³-hybridized carbons (Fsp3) is 0.316. The second-order valence-electron chi connectivity index (χ2n) is 6.22. The Kier molecular flexibility index (Phi) is 3.62. The van der Waals surface area contributed by atoms with Gasteiger partial charge in [-0.2, -0.15) is 0 Å². The van der Waals surface area contributed by atoms with Crippen LogP contribution >= 0.6 is 0 Å². The second-order valence-corrected chi connectivity index (χ2v) is 6.22. The Balaban J connectivity index is 1.94. The van der Waals surface area contributed by atoms with Gasteiger partial charge in [-0.05, 0) is 38.1 Å². The molecule has 3 heterocycles. The van der Waals surface area contributed by atoms with E-state index in [9.17, 15) is 4.39 Å². The van der Waals surface area contributed by atoms with Crippen LogP contribution in [0.2, 0.25) is 0 Å². The van der Waals surface area contributed by atoms with Gasteiger partial charge in [-0.3, -0.25) is 4.98 Å². The molecule has 2 aliphatic heterocycles. The van der Waals surface area contributed by atoms with Crippen molar-refractivity contribution in [2.45, 2.75) is 19.4 Å². The number of piperidine rings is 1. The van der Waals surface area contributed by atoms with E-state index in [0.29, 0.717) is 12.4 Å². The summed E-state index contributed by atoms with van der Waals surface area (Å²) in [5.74, 6) is 0.347. The highest BCUT2D eigenvalue weighted by molar-refractivity contribution is 5.85. The van der Waals surface area contributed by atoms with Crippen molar-refractivity contribution in [2.24, 2.45) is 0 Å². The van der Waals surface area contributed by atoms with E-state index in [1.807, 2.05) is 24.4 Å². The molecule has 1 saturated heterocycles. The quantitative estimate of drug-likeness (QED) is 0.743. The van der Waals surface area contributed by atoms with Crippen LogP contribution < -0.4 is 4.74 Å². The minimum absolute atomic E-state index is 0.268. The molecule has 0 amide bonds. The fourth-order valence-electron chi connectivity index (χ4n) is 3.38. The Morgan fingerprint density at radius 3 is 2.83 bits per heavy atom. The van der Waals surface area contributed by atoms with Gasteiger partial charge in [-0.25, -0.2) is 4.39 Å². The molecule has 1 aromatic carbocycles. The molecule has 3 nitrogen and oxygen atoms in total. The maximum absolute atomic E-state index is 13.7. The molecule has 0 N–H and O–H groups in total. The van der Waals surface area contributed by atoms with Crippen molar-refractivity contribution in [1.82, 2.24) is 9.88 Å². The second kappa shape index (κ2) is 5.78. The summed E-state index contributed by atoms with van der Waals surface area (Å²) < 4.78 is 19.5. The summed E-state index contributed by atoms with van der Waals surface area (Å²) in [5, 5.41) is 0. The molecular weight excluding hydrogens is 291 g/mol. The number of rotatable bonds is 0. The van der Waals surface area contributed by atoms with Gasteiger partial charge in [-0.15, -0.1) is 0 Å². The third kappa shape index (κ3) is 2.63. The Labute approximate surface area is 135 Å². The van der Waals surface area contributed by atoms with E-state index in [1.54, 1.807) is 0 Å². The van der Waals surface area contributed by atoms with Crippen molar-refractivity contribution in [2.75, 3.05) is 20.1 Å². The SMILES string of the molecule is CN1CCC(=C2c3ccc(F)cc3OCc3cccnc32)CC1. The van der Waals surface area contributed by atoms with Crippen LogP contribution in [0.3, 0.4) is 0 Å². The van der Waals surface area contributed by atoms with Gasteiger partial charge in [-0.1, -0.05) is 11.6 Å². The molecule has 1 aromatic heterocycles. The van der Waals surface area contributed by atoms with Gasteiger partial charge in [0.15, 0.2) is 0 Å². The predicted octanol–water partition coefficient (Wildman–Crippen LogP) is 3.64. The van der Waals surface area contributed by atoms with Crippen LogP contribution in [-0.4, -0.2) is 30.0 Å². The van der Waals surface area contributed by atoms with Crippen LogP contribution in [0.15, 0.2) is 42.1 Å². The van der Waals surface area contributed by atoms with Crippen LogP contribution in [0.5, 0.6) is 5.75 Å². The summed E-state index contributed by atoms with van der Waals surface area (Å²) in [6.07, 6.45) is 3.85. The van der Waals surface area contributed by atoms with Gasteiger partial charge in [0, 0.05) is 42.1 Å². The molecule has 0 aliphatic carbocycles. The van der Waals surface area contributed by atoms with Crippen molar-refractivity contribution in [1.29, 1.82) is 0 Å². The van der Waals surface area contributed by atoms with Crippen LogP contribution in [0.1, 0.15) is 29.7 Å². The lowest BCUT2D eigenvalue weighted by atomic mass is 9.89. The normalized spacial score (nSPS) is 18.0. The van der Waals surface area contributed by atoms with E-state index in [-0.39, 0.29) is 5.82 Å². The topological polar surface area (TPSA) is 25.4 Å². The maximum Gasteiger partial charge on any atom is 0.130 e. The Morgan fingerprint density at radius 1 is 1.17 bits per heavy atom. The van der Waals surface area contributed by atoms with Crippen LogP contribution in [0.25, 0.3) is 5.57 Å². The minimum Gasteiger partial charge on any atom is -0.488 e. The number of hydrogen-bond donors (Lipinski definition) is 0. The number of aromatic nitrogens is 1. The van der Waals surface area contributed by atoms with Gasteiger partial charge in [0.25, 0.3) is 0 Å². The average Bonchev–Trinajstić information content (AvgIpc) is 2.72. The third-order valence-corrected chi connectivity index (χ3v) is 4.67. The monoisotopic (exact) mass is 310 g/mol.